The molecular formula is C30H38N6O2. The first kappa shape index (κ1) is 28.4. The Balaban J connectivity index is 2.12. The number of hydrogen-bond donors (Lipinski definition) is 3. The first-order valence-corrected chi connectivity index (χ1v) is 12.6. The van der Waals surface area contributed by atoms with Gasteiger partial charge in [0.05, 0.1) is 24.1 Å². The van der Waals surface area contributed by atoms with E-state index >= 15 is 0 Å². The van der Waals surface area contributed by atoms with Gasteiger partial charge in [-0.05, 0) is 70.3 Å². The summed E-state index contributed by atoms with van der Waals surface area (Å²) < 4.78 is 7.34. The molecule has 8 nitrogen and oxygen atoms in total. The fourth-order valence-corrected chi connectivity index (χ4v) is 3.95. The Morgan fingerprint density at radius 1 is 1.21 bits per heavy atom. The van der Waals surface area contributed by atoms with Crippen LogP contribution >= 0.6 is 0 Å². The molecule has 8 heteroatoms. The van der Waals surface area contributed by atoms with E-state index in [1.807, 2.05) is 94.5 Å². The summed E-state index contributed by atoms with van der Waals surface area (Å²) in [6, 6.07) is 13.4. The Labute approximate surface area is 225 Å². The van der Waals surface area contributed by atoms with Gasteiger partial charge in [0, 0.05) is 30.9 Å². The Morgan fingerprint density at radius 2 is 1.97 bits per heavy atom. The molecule has 3 rings (SSSR count). The summed E-state index contributed by atoms with van der Waals surface area (Å²) in [4.78, 5) is 14.4. The maximum absolute atomic E-state index is 12.4. The van der Waals surface area contributed by atoms with Gasteiger partial charge >= 0.3 is 0 Å². The van der Waals surface area contributed by atoms with Crippen LogP contribution in [0, 0.1) is 12.3 Å². The van der Waals surface area contributed by atoms with Crippen LogP contribution < -0.4 is 15.4 Å². The van der Waals surface area contributed by atoms with Crippen LogP contribution in [-0.4, -0.2) is 61.1 Å². The number of benzene rings is 2. The van der Waals surface area contributed by atoms with Crippen molar-refractivity contribution in [1.29, 1.82) is 5.41 Å². The van der Waals surface area contributed by atoms with Crippen molar-refractivity contribution in [2.45, 2.75) is 27.2 Å². The number of hydrogen-bond acceptors (Lipinski definition) is 6. The number of nitrogens with one attached hydrogen (secondary N) is 3. The number of aromatic nitrogens is 2. The zero-order chi connectivity index (χ0) is 27.8. The SMILES string of the molecule is CC/C(C)=C/C(=N)c1c(-c2ccc(C)c(OC)c2)nn(-c2cccc(NC(=O)C=CCN(C)C)c2)c1NC. The smallest absolute Gasteiger partial charge is 0.248 e. The minimum atomic E-state index is -0.201. The summed E-state index contributed by atoms with van der Waals surface area (Å²) in [6.45, 7) is 6.76. The largest absolute Gasteiger partial charge is 0.496 e. The van der Waals surface area contributed by atoms with Crippen molar-refractivity contribution >= 4 is 23.1 Å². The Hall–Kier alpha value is -4.17. The van der Waals surface area contributed by atoms with Crippen LogP contribution in [0.25, 0.3) is 16.9 Å². The number of methoxy groups -OCH3 is 1. The molecule has 2 aromatic carbocycles. The quantitative estimate of drug-likeness (QED) is 0.226. The molecule has 1 aromatic heterocycles. The van der Waals surface area contributed by atoms with Crippen LogP contribution in [-0.2, 0) is 4.79 Å². The highest BCUT2D eigenvalue weighted by molar-refractivity contribution is 6.14. The van der Waals surface area contributed by atoms with Gasteiger partial charge in [0.2, 0.25) is 5.91 Å². The molecule has 0 aliphatic carbocycles. The van der Waals surface area contributed by atoms with Gasteiger partial charge in [-0.15, -0.1) is 0 Å². The third-order valence-corrected chi connectivity index (χ3v) is 6.12. The molecule has 0 fully saturated rings. The number of rotatable bonds is 11. The molecule has 0 unspecified atom stereocenters. The van der Waals surface area contributed by atoms with Crippen molar-refractivity contribution in [3.8, 4) is 22.7 Å². The van der Waals surface area contributed by atoms with Gasteiger partial charge in [0.1, 0.15) is 17.3 Å². The van der Waals surface area contributed by atoms with Crippen molar-refractivity contribution in [2.75, 3.05) is 45.4 Å². The number of carbonyl (C=O) groups is 1. The zero-order valence-electron chi connectivity index (χ0n) is 23.3. The molecule has 0 aliphatic rings. The van der Waals surface area contributed by atoms with E-state index in [1.165, 1.54) is 6.08 Å². The predicted octanol–water partition coefficient (Wildman–Crippen LogP) is 5.68. The number of nitrogens with zero attached hydrogens (tertiary/aromatic N) is 3. The maximum Gasteiger partial charge on any atom is 0.248 e. The number of allylic oxidation sites excluding steroid dienone is 2. The Morgan fingerprint density at radius 3 is 2.63 bits per heavy atom. The van der Waals surface area contributed by atoms with Gasteiger partial charge in [0.25, 0.3) is 0 Å². The van der Waals surface area contributed by atoms with Crippen LogP contribution in [0.3, 0.4) is 0 Å². The van der Waals surface area contributed by atoms with Gasteiger partial charge in [-0.25, -0.2) is 4.68 Å². The van der Waals surface area contributed by atoms with Gasteiger partial charge < -0.3 is 25.7 Å². The average molecular weight is 515 g/mol. The number of anilines is 2. The number of aryl methyl sites for hydroxylation is 1. The van der Waals surface area contributed by atoms with E-state index in [2.05, 4.69) is 17.6 Å². The van der Waals surface area contributed by atoms with E-state index in [4.69, 9.17) is 15.2 Å². The van der Waals surface area contributed by atoms with Gasteiger partial charge in [-0.2, -0.15) is 5.10 Å². The maximum atomic E-state index is 12.4. The fourth-order valence-electron chi connectivity index (χ4n) is 3.95. The highest BCUT2D eigenvalue weighted by atomic mass is 16.5. The minimum Gasteiger partial charge on any atom is -0.496 e. The molecule has 200 valence electrons. The van der Waals surface area contributed by atoms with Crippen LogP contribution in [0.1, 0.15) is 31.4 Å². The third-order valence-electron chi connectivity index (χ3n) is 6.12. The molecule has 0 saturated carbocycles. The molecule has 1 amide bonds. The zero-order valence-corrected chi connectivity index (χ0v) is 23.3. The second-order valence-corrected chi connectivity index (χ2v) is 9.38. The summed E-state index contributed by atoms with van der Waals surface area (Å²) in [7, 11) is 7.36. The fraction of sp³-hybridized carbons (Fsp3) is 0.300. The summed E-state index contributed by atoms with van der Waals surface area (Å²) in [5, 5.41) is 20.1. The number of likely N-dealkylation sites (N-methyl/N-ethyl adjacent to an activating group) is 1. The van der Waals surface area contributed by atoms with Crippen LogP contribution in [0.4, 0.5) is 11.5 Å². The van der Waals surface area contributed by atoms with Crippen LogP contribution in [0.2, 0.25) is 0 Å². The average Bonchev–Trinajstić information content (AvgIpc) is 3.28. The lowest BCUT2D eigenvalue weighted by molar-refractivity contribution is -0.111. The van der Waals surface area contributed by atoms with Crippen molar-refractivity contribution in [2.24, 2.45) is 0 Å². The second kappa shape index (κ2) is 12.9. The van der Waals surface area contributed by atoms with Crippen molar-refractivity contribution in [3.05, 3.63) is 77.4 Å². The number of ether oxygens (including phenoxy) is 1. The summed E-state index contributed by atoms with van der Waals surface area (Å²) in [6.07, 6.45) is 6.08. The first-order valence-electron chi connectivity index (χ1n) is 12.6. The predicted molar refractivity (Wildman–Crippen MR) is 157 cm³/mol. The molecule has 0 spiro atoms. The van der Waals surface area contributed by atoms with Crippen molar-refractivity contribution in [3.63, 3.8) is 0 Å². The van der Waals surface area contributed by atoms with E-state index in [-0.39, 0.29) is 5.91 Å². The van der Waals surface area contributed by atoms with E-state index < -0.39 is 0 Å². The summed E-state index contributed by atoms with van der Waals surface area (Å²) in [5.41, 5.74) is 6.09. The minimum absolute atomic E-state index is 0.201. The number of carbonyl (C=O) groups excluding carboxylic acids is 1. The molecule has 0 saturated heterocycles. The Bertz CT molecular complexity index is 1370. The monoisotopic (exact) mass is 514 g/mol. The molecule has 0 atom stereocenters. The van der Waals surface area contributed by atoms with E-state index in [0.717, 1.165) is 34.6 Å². The lowest BCUT2D eigenvalue weighted by Crippen LogP contribution is -2.13. The Kier molecular flexibility index (Phi) is 9.62. The highest BCUT2D eigenvalue weighted by Crippen LogP contribution is 2.35. The van der Waals surface area contributed by atoms with Crippen molar-refractivity contribution in [1.82, 2.24) is 14.7 Å². The van der Waals surface area contributed by atoms with Gasteiger partial charge in [-0.3, -0.25) is 4.79 Å². The molecule has 38 heavy (non-hydrogen) atoms. The molecule has 3 aromatic rings. The van der Waals surface area contributed by atoms with Gasteiger partial charge in [0.15, 0.2) is 0 Å². The molecule has 0 radical (unpaired) electrons. The lowest BCUT2D eigenvalue weighted by Gasteiger charge is -2.11. The van der Waals surface area contributed by atoms with Crippen LogP contribution in [0.5, 0.6) is 5.75 Å². The molecule has 1 heterocycles. The third kappa shape index (κ3) is 6.77. The second-order valence-electron chi connectivity index (χ2n) is 9.38. The topological polar surface area (TPSA) is 95.3 Å². The molecule has 0 bridgehead atoms. The first-order chi connectivity index (χ1) is 18.2. The van der Waals surface area contributed by atoms with Crippen molar-refractivity contribution < 1.29 is 9.53 Å². The van der Waals surface area contributed by atoms with E-state index in [0.29, 0.717) is 35.0 Å². The highest BCUT2D eigenvalue weighted by Gasteiger charge is 2.23. The van der Waals surface area contributed by atoms with Crippen LogP contribution in [0.15, 0.2) is 66.3 Å². The molecule has 0 aliphatic heterocycles. The number of amides is 1. The van der Waals surface area contributed by atoms with E-state index in [1.54, 1.807) is 11.8 Å². The van der Waals surface area contributed by atoms with E-state index in [9.17, 15) is 4.79 Å². The standard InChI is InChI=1S/C30H38N6O2/c1-8-20(2)17-25(31)28-29(22-15-14-21(3)26(18-22)38-7)34-36(30(28)32-4)24-12-9-11-23(19-24)33-27(37)13-10-16-35(5)6/h9-15,17-19,31-32H,8,16H2,1-7H3,(H,33,37)/b13-10?,20-17+,31-25?. The summed E-state index contributed by atoms with van der Waals surface area (Å²) >= 11 is 0. The lowest BCUT2D eigenvalue weighted by atomic mass is 10.0. The summed E-state index contributed by atoms with van der Waals surface area (Å²) in [5.74, 6) is 1.24. The molecule has 3 N–H and O–H groups in total. The normalized spacial score (nSPS) is 11.7. The van der Waals surface area contributed by atoms with Gasteiger partial charge in [-0.1, -0.05) is 36.8 Å². The molecular weight excluding hydrogens is 476 g/mol.